The van der Waals surface area contributed by atoms with Gasteiger partial charge in [0.25, 0.3) is 11.5 Å². The lowest BCUT2D eigenvalue weighted by molar-refractivity contribution is 0.0954. The average molecular weight is 484 g/mol. The number of carbonyl (C=O) groups excluding carboxylic acids is 1. The first-order chi connectivity index (χ1) is 15.4. The SMILES string of the molecule is O=C(NCCc1ccc(Cl)cc1)c1ccc2c(=O)n(Cc3ccc(Cl)cc3)c(=S)[nH]c2c1. The van der Waals surface area contributed by atoms with Crippen LogP contribution in [0.5, 0.6) is 0 Å². The van der Waals surface area contributed by atoms with Crippen molar-refractivity contribution in [3.63, 3.8) is 0 Å². The second-order valence-electron chi connectivity index (χ2n) is 7.34. The molecule has 0 saturated heterocycles. The van der Waals surface area contributed by atoms with Gasteiger partial charge in [0, 0.05) is 22.2 Å². The van der Waals surface area contributed by atoms with E-state index in [1.54, 1.807) is 30.3 Å². The highest BCUT2D eigenvalue weighted by molar-refractivity contribution is 7.71. The van der Waals surface area contributed by atoms with Gasteiger partial charge in [-0.25, -0.2) is 0 Å². The lowest BCUT2D eigenvalue weighted by Gasteiger charge is -2.10. The van der Waals surface area contributed by atoms with Crippen molar-refractivity contribution in [3.8, 4) is 0 Å². The molecule has 0 radical (unpaired) electrons. The summed E-state index contributed by atoms with van der Waals surface area (Å²) in [5.41, 5.74) is 2.76. The van der Waals surface area contributed by atoms with Gasteiger partial charge < -0.3 is 10.3 Å². The minimum atomic E-state index is -0.217. The first-order valence-electron chi connectivity index (χ1n) is 9.95. The van der Waals surface area contributed by atoms with Crippen LogP contribution in [-0.2, 0) is 13.0 Å². The molecule has 4 rings (SSSR count). The highest BCUT2D eigenvalue weighted by atomic mass is 35.5. The van der Waals surface area contributed by atoms with Crippen LogP contribution < -0.4 is 10.9 Å². The van der Waals surface area contributed by atoms with Crippen molar-refractivity contribution in [3.05, 3.63) is 109 Å². The molecular formula is C24H19Cl2N3O2S. The van der Waals surface area contributed by atoms with Gasteiger partial charge >= 0.3 is 0 Å². The summed E-state index contributed by atoms with van der Waals surface area (Å²) in [5, 5.41) is 4.67. The van der Waals surface area contributed by atoms with E-state index in [2.05, 4.69) is 10.3 Å². The molecule has 3 aromatic carbocycles. The van der Waals surface area contributed by atoms with E-state index in [9.17, 15) is 9.59 Å². The summed E-state index contributed by atoms with van der Waals surface area (Å²) in [5.74, 6) is -0.217. The zero-order chi connectivity index (χ0) is 22.7. The van der Waals surface area contributed by atoms with E-state index in [4.69, 9.17) is 35.4 Å². The normalized spacial score (nSPS) is 10.9. The van der Waals surface area contributed by atoms with Gasteiger partial charge in [0.1, 0.15) is 0 Å². The molecule has 1 aromatic heterocycles. The largest absolute Gasteiger partial charge is 0.352 e. The molecule has 2 N–H and O–H groups in total. The second-order valence-corrected chi connectivity index (χ2v) is 8.60. The Morgan fingerprint density at radius 2 is 1.56 bits per heavy atom. The molecule has 0 bridgehead atoms. The highest BCUT2D eigenvalue weighted by Crippen LogP contribution is 2.14. The van der Waals surface area contributed by atoms with Gasteiger partial charge in [0.2, 0.25) is 0 Å². The maximum atomic E-state index is 13.0. The van der Waals surface area contributed by atoms with Crippen molar-refractivity contribution in [1.29, 1.82) is 0 Å². The number of halogens is 2. The number of nitrogens with zero attached hydrogens (tertiary/aromatic N) is 1. The molecule has 4 aromatic rings. The van der Waals surface area contributed by atoms with Gasteiger partial charge in [-0.2, -0.15) is 0 Å². The Balaban J connectivity index is 1.51. The third-order valence-corrected chi connectivity index (χ3v) is 5.94. The monoisotopic (exact) mass is 483 g/mol. The Hall–Kier alpha value is -2.93. The minimum Gasteiger partial charge on any atom is -0.352 e. The van der Waals surface area contributed by atoms with E-state index in [1.165, 1.54) is 4.57 Å². The second kappa shape index (κ2) is 9.69. The van der Waals surface area contributed by atoms with Crippen LogP contribution in [0.15, 0.2) is 71.5 Å². The van der Waals surface area contributed by atoms with Gasteiger partial charge in [-0.15, -0.1) is 0 Å². The Morgan fingerprint density at radius 3 is 2.22 bits per heavy atom. The van der Waals surface area contributed by atoms with Crippen LogP contribution in [0.1, 0.15) is 21.5 Å². The fourth-order valence-corrected chi connectivity index (χ4v) is 3.89. The molecule has 0 aliphatic rings. The quantitative estimate of drug-likeness (QED) is 0.361. The number of nitrogens with one attached hydrogen (secondary N) is 2. The van der Waals surface area contributed by atoms with Crippen LogP contribution in [0.4, 0.5) is 0 Å². The number of H-pyrrole nitrogens is 1. The maximum Gasteiger partial charge on any atom is 0.262 e. The zero-order valence-corrected chi connectivity index (χ0v) is 19.2. The maximum absolute atomic E-state index is 13.0. The van der Waals surface area contributed by atoms with Crippen LogP contribution in [0.2, 0.25) is 10.0 Å². The average Bonchev–Trinajstić information content (AvgIpc) is 2.78. The van der Waals surface area contributed by atoms with E-state index >= 15 is 0 Å². The van der Waals surface area contributed by atoms with Crippen LogP contribution >= 0.6 is 35.4 Å². The number of benzene rings is 3. The van der Waals surface area contributed by atoms with Gasteiger partial charge in [-0.3, -0.25) is 14.2 Å². The van der Waals surface area contributed by atoms with E-state index in [-0.39, 0.29) is 16.2 Å². The van der Waals surface area contributed by atoms with Crippen molar-refractivity contribution < 1.29 is 4.79 Å². The fourth-order valence-electron chi connectivity index (χ4n) is 3.39. The molecular weight excluding hydrogens is 465 g/mol. The summed E-state index contributed by atoms with van der Waals surface area (Å²) in [6.45, 7) is 0.811. The van der Waals surface area contributed by atoms with Gasteiger partial charge in [-0.05, 0) is 72.2 Å². The highest BCUT2D eigenvalue weighted by Gasteiger charge is 2.11. The van der Waals surface area contributed by atoms with Crippen LogP contribution in [-0.4, -0.2) is 22.0 Å². The third kappa shape index (κ3) is 5.10. The van der Waals surface area contributed by atoms with Crippen LogP contribution in [0.3, 0.4) is 0 Å². The van der Waals surface area contributed by atoms with E-state index in [0.717, 1.165) is 11.1 Å². The molecule has 0 fully saturated rings. The number of rotatable bonds is 6. The molecule has 0 aliphatic carbocycles. The van der Waals surface area contributed by atoms with Crippen molar-refractivity contribution >= 4 is 52.2 Å². The lowest BCUT2D eigenvalue weighted by Crippen LogP contribution is -2.26. The van der Waals surface area contributed by atoms with E-state index < -0.39 is 0 Å². The Labute approximate surface area is 199 Å². The predicted octanol–water partition coefficient (Wildman–Crippen LogP) is 5.39. The summed E-state index contributed by atoms with van der Waals surface area (Å²) < 4.78 is 1.78. The number of aromatic amines is 1. The van der Waals surface area contributed by atoms with Crippen molar-refractivity contribution in [2.75, 3.05) is 6.54 Å². The standard InChI is InChI=1S/C24H19Cl2N3O2S/c25-18-6-1-15(2-7-18)11-12-27-22(30)17-5-10-20-21(13-17)28-24(32)29(23(20)31)14-16-3-8-19(26)9-4-16/h1-10,13H,11-12,14H2,(H,27,30)(H,28,32). The molecule has 32 heavy (non-hydrogen) atoms. The van der Waals surface area contributed by atoms with Gasteiger partial charge in [-0.1, -0.05) is 47.5 Å². The molecule has 5 nitrogen and oxygen atoms in total. The van der Waals surface area contributed by atoms with Crippen LogP contribution in [0, 0.1) is 4.77 Å². The molecule has 1 heterocycles. The minimum absolute atomic E-state index is 0.214. The van der Waals surface area contributed by atoms with Gasteiger partial charge in [0.05, 0.1) is 17.4 Å². The topological polar surface area (TPSA) is 66.9 Å². The molecule has 0 aliphatic heterocycles. The first kappa shape index (κ1) is 22.3. The predicted molar refractivity (Wildman–Crippen MR) is 131 cm³/mol. The lowest BCUT2D eigenvalue weighted by atomic mass is 10.1. The summed E-state index contributed by atoms with van der Waals surface area (Å²) in [4.78, 5) is 28.6. The van der Waals surface area contributed by atoms with Crippen molar-refractivity contribution in [2.45, 2.75) is 13.0 Å². The first-order valence-corrected chi connectivity index (χ1v) is 11.1. The van der Waals surface area contributed by atoms with E-state index in [1.807, 2.05) is 36.4 Å². The molecule has 0 saturated carbocycles. The summed E-state index contributed by atoms with van der Waals surface area (Å²) in [6.07, 6.45) is 0.689. The Kier molecular flexibility index (Phi) is 6.74. The Morgan fingerprint density at radius 1 is 0.938 bits per heavy atom. The number of hydrogen-bond acceptors (Lipinski definition) is 3. The summed E-state index contributed by atoms with van der Waals surface area (Å²) in [7, 11) is 0. The number of amides is 1. The summed E-state index contributed by atoms with van der Waals surface area (Å²) in [6, 6.07) is 19.7. The smallest absolute Gasteiger partial charge is 0.262 e. The number of fused-ring (bicyclic) bond motifs is 1. The molecule has 162 valence electrons. The molecule has 8 heteroatoms. The van der Waals surface area contributed by atoms with Crippen molar-refractivity contribution in [2.24, 2.45) is 0 Å². The fraction of sp³-hybridized carbons (Fsp3) is 0.125. The number of hydrogen-bond donors (Lipinski definition) is 2. The molecule has 0 unspecified atom stereocenters. The molecule has 0 spiro atoms. The van der Waals surface area contributed by atoms with Crippen LogP contribution in [0.25, 0.3) is 10.9 Å². The molecule has 1 amide bonds. The van der Waals surface area contributed by atoms with Crippen molar-refractivity contribution in [1.82, 2.24) is 14.9 Å². The third-order valence-electron chi connectivity index (χ3n) is 5.11. The number of aromatic nitrogens is 2. The Bertz CT molecular complexity index is 1390. The number of carbonyl (C=O) groups is 1. The van der Waals surface area contributed by atoms with E-state index in [0.29, 0.717) is 46.0 Å². The summed E-state index contributed by atoms with van der Waals surface area (Å²) >= 11 is 17.2. The van der Waals surface area contributed by atoms with Gasteiger partial charge in [0.15, 0.2) is 4.77 Å². The zero-order valence-electron chi connectivity index (χ0n) is 16.9. The molecule has 0 atom stereocenters.